The van der Waals surface area contributed by atoms with Crippen molar-refractivity contribution >= 4 is 22.9 Å². The highest BCUT2D eigenvalue weighted by Gasteiger charge is 2.26. The van der Waals surface area contributed by atoms with Crippen LogP contribution in [-0.4, -0.2) is 55.6 Å². The van der Waals surface area contributed by atoms with Crippen LogP contribution in [0.15, 0.2) is 41.8 Å². The molecule has 0 aliphatic carbocycles. The predicted molar refractivity (Wildman–Crippen MR) is 97.3 cm³/mol. The minimum absolute atomic E-state index is 0.0390. The first kappa shape index (κ1) is 17.0. The standard InChI is InChI=1S/C18H23N3O2S/c1-20(18(22)14-5-2-3-6-15(14)19)13-16(17-7-4-12-24-17)21-8-10-23-11-9-21/h2-7,12,16H,8-11,13,19H2,1H3. The van der Waals surface area contributed by atoms with Crippen LogP contribution in [0.5, 0.6) is 0 Å². The average molecular weight is 345 g/mol. The summed E-state index contributed by atoms with van der Waals surface area (Å²) >= 11 is 1.73. The molecule has 24 heavy (non-hydrogen) atoms. The highest BCUT2D eigenvalue weighted by molar-refractivity contribution is 7.10. The normalized spacial score (nSPS) is 16.7. The van der Waals surface area contributed by atoms with Gasteiger partial charge in [-0.25, -0.2) is 0 Å². The first-order valence-electron chi connectivity index (χ1n) is 8.12. The van der Waals surface area contributed by atoms with Gasteiger partial charge in [-0.15, -0.1) is 11.3 Å². The lowest BCUT2D eigenvalue weighted by Crippen LogP contribution is -2.44. The van der Waals surface area contributed by atoms with Gasteiger partial charge in [-0.1, -0.05) is 18.2 Å². The van der Waals surface area contributed by atoms with Gasteiger partial charge in [0.05, 0.1) is 24.8 Å². The fourth-order valence-corrected chi connectivity index (χ4v) is 3.85. The van der Waals surface area contributed by atoms with Gasteiger partial charge in [-0.05, 0) is 23.6 Å². The highest BCUT2D eigenvalue weighted by Crippen LogP contribution is 2.27. The maximum Gasteiger partial charge on any atom is 0.255 e. The number of rotatable bonds is 5. The van der Waals surface area contributed by atoms with Gasteiger partial charge in [-0.2, -0.15) is 0 Å². The van der Waals surface area contributed by atoms with E-state index < -0.39 is 0 Å². The summed E-state index contributed by atoms with van der Waals surface area (Å²) in [6.45, 7) is 3.89. The first-order valence-corrected chi connectivity index (χ1v) is 9.00. The van der Waals surface area contributed by atoms with Crippen LogP contribution in [0.2, 0.25) is 0 Å². The van der Waals surface area contributed by atoms with Crippen molar-refractivity contribution in [2.75, 3.05) is 45.6 Å². The first-order chi connectivity index (χ1) is 11.7. The topological polar surface area (TPSA) is 58.8 Å². The Balaban J connectivity index is 1.76. The molecule has 2 heterocycles. The maximum atomic E-state index is 12.8. The van der Waals surface area contributed by atoms with Crippen LogP contribution >= 0.6 is 11.3 Å². The number of carbonyl (C=O) groups excluding carboxylic acids is 1. The van der Waals surface area contributed by atoms with Gasteiger partial charge in [0.15, 0.2) is 0 Å². The Morgan fingerprint density at radius 3 is 2.71 bits per heavy atom. The van der Waals surface area contributed by atoms with E-state index in [1.54, 1.807) is 28.4 Å². The monoisotopic (exact) mass is 345 g/mol. The van der Waals surface area contributed by atoms with Crippen molar-refractivity contribution in [2.24, 2.45) is 0 Å². The van der Waals surface area contributed by atoms with E-state index in [0.717, 1.165) is 26.3 Å². The molecule has 2 N–H and O–H groups in total. The number of nitrogens with zero attached hydrogens (tertiary/aromatic N) is 2. The van der Waals surface area contributed by atoms with Crippen LogP contribution < -0.4 is 5.73 Å². The molecule has 0 bridgehead atoms. The van der Waals surface area contributed by atoms with Crippen molar-refractivity contribution in [3.05, 3.63) is 52.2 Å². The van der Waals surface area contributed by atoms with Crippen molar-refractivity contribution in [2.45, 2.75) is 6.04 Å². The molecule has 3 rings (SSSR count). The summed E-state index contributed by atoms with van der Waals surface area (Å²) in [6.07, 6.45) is 0. The summed E-state index contributed by atoms with van der Waals surface area (Å²) < 4.78 is 5.47. The van der Waals surface area contributed by atoms with Gasteiger partial charge in [0.1, 0.15) is 0 Å². The van der Waals surface area contributed by atoms with Gasteiger partial charge >= 0.3 is 0 Å². The lowest BCUT2D eigenvalue weighted by Gasteiger charge is -2.36. The number of ether oxygens (including phenoxy) is 1. The number of likely N-dealkylation sites (N-methyl/N-ethyl adjacent to an activating group) is 1. The average Bonchev–Trinajstić information content (AvgIpc) is 3.14. The van der Waals surface area contributed by atoms with Crippen LogP contribution in [0.4, 0.5) is 5.69 Å². The molecule has 0 saturated carbocycles. The number of anilines is 1. The number of thiophene rings is 1. The molecule has 1 atom stereocenters. The van der Waals surface area contributed by atoms with E-state index in [0.29, 0.717) is 17.8 Å². The number of morpholine rings is 1. The molecule has 5 nitrogen and oxygen atoms in total. The SMILES string of the molecule is CN(CC(c1cccs1)N1CCOCC1)C(=O)c1ccccc1N. The molecule has 1 amide bonds. The molecule has 0 spiro atoms. The second-order valence-electron chi connectivity index (χ2n) is 5.95. The van der Waals surface area contributed by atoms with E-state index in [1.807, 2.05) is 19.2 Å². The molecule has 0 radical (unpaired) electrons. The number of carbonyl (C=O) groups is 1. The minimum Gasteiger partial charge on any atom is -0.398 e. The molecule has 1 aliphatic rings. The van der Waals surface area contributed by atoms with Crippen molar-refractivity contribution in [1.82, 2.24) is 9.80 Å². The van der Waals surface area contributed by atoms with Crippen molar-refractivity contribution < 1.29 is 9.53 Å². The van der Waals surface area contributed by atoms with Gasteiger partial charge in [0.25, 0.3) is 5.91 Å². The molecule has 2 aromatic rings. The zero-order valence-corrected chi connectivity index (χ0v) is 14.7. The number of para-hydroxylation sites is 1. The van der Waals surface area contributed by atoms with Gasteiger partial charge in [0.2, 0.25) is 0 Å². The van der Waals surface area contributed by atoms with Crippen LogP contribution in [0.25, 0.3) is 0 Å². The largest absolute Gasteiger partial charge is 0.398 e. The second kappa shape index (κ2) is 7.79. The van der Waals surface area contributed by atoms with Crippen LogP contribution in [0, 0.1) is 0 Å². The van der Waals surface area contributed by atoms with Crippen LogP contribution in [0.3, 0.4) is 0 Å². The Labute approximate surface area is 146 Å². The van der Waals surface area contributed by atoms with E-state index in [4.69, 9.17) is 10.5 Å². The molecule has 1 unspecified atom stereocenters. The summed E-state index contributed by atoms with van der Waals surface area (Å²) in [7, 11) is 1.84. The third-order valence-corrected chi connectivity index (χ3v) is 5.32. The van der Waals surface area contributed by atoms with Gasteiger partial charge in [0, 0.05) is 37.2 Å². The number of hydrogen-bond acceptors (Lipinski definition) is 5. The quantitative estimate of drug-likeness (QED) is 0.846. The molecule has 1 aromatic carbocycles. The van der Waals surface area contributed by atoms with E-state index in [-0.39, 0.29) is 11.9 Å². The molecule has 1 saturated heterocycles. The molecule has 128 valence electrons. The minimum atomic E-state index is -0.0390. The Bertz CT molecular complexity index is 669. The second-order valence-corrected chi connectivity index (χ2v) is 6.93. The number of benzene rings is 1. The summed E-state index contributed by atoms with van der Waals surface area (Å²) in [5, 5.41) is 2.08. The van der Waals surface area contributed by atoms with Gasteiger partial charge < -0.3 is 15.4 Å². The Morgan fingerprint density at radius 2 is 2.04 bits per heavy atom. The zero-order valence-electron chi connectivity index (χ0n) is 13.9. The molecular weight excluding hydrogens is 322 g/mol. The number of amides is 1. The van der Waals surface area contributed by atoms with E-state index in [9.17, 15) is 4.79 Å². The highest BCUT2D eigenvalue weighted by atomic mass is 32.1. The van der Waals surface area contributed by atoms with Gasteiger partial charge in [-0.3, -0.25) is 9.69 Å². The van der Waals surface area contributed by atoms with Crippen molar-refractivity contribution in [3.63, 3.8) is 0 Å². The van der Waals surface area contributed by atoms with E-state index in [1.165, 1.54) is 4.88 Å². The van der Waals surface area contributed by atoms with E-state index in [2.05, 4.69) is 22.4 Å². The summed E-state index contributed by atoms with van der Waals surface area (Å²) in [5.74, 6) is -0.0390. The summed E-state index contributed by atoms with van der Waals surface area (Å²) in [5.41, 5.74) is 7.04. The van der Waals surface area contributed by atoms with Crippen LogP contribution in [0.1, 0.15) is 21.3 Å². The Morgan fingerprint density at radius 1 is 1.29 bits per heavy atom. The fraction of sp³-hybridized carbons (Fsp3) is 0.389. The number of hydrogen-bond donors (Lipinski definition) is 1. The third kappa shape index (κ3) is 3.77. The fourth-order valence-electron chi connectivity index (χ4n) is 3.00. The lowest BCUT2D eigenvalue weighted by atomic mass is 10.1. The smallest absolute Gasteiger partial charge is 0.255 e. The number of nitrogens with two attached hydrogens (primary N) is 1. The summed E-state index contributed by atoms with van der Waals surface area (Å²) in [6, 6.07) is 11.6. The Kier molecular flexibility index (Phi) is 5.50. The molecule has 6 heteroatoms. The van der Waals surface area contributed by atoms with E-state index >= 15 is 0 Å². The van der Waals surface area contributed by atoms with Crippen molar-refractivity contribution in [1.29, 1.82) is 0 Å². The lowest BCUT2D eigenvalue weighted by molar-refractivity contribution is 0.0104. The zero-order chi connectivity index (χ0) is 16.9. The molecular formula is C18H23N3O2S. The predicted octanol–water partition coefficient (Wildman–Crippen LogP) is 2.48. The molecule has 1 aromatic heterocycles. The van der Waals surface area contributed by atoms with Crippen LogP contribution in [-0.2, 0) is 4.74 Å². The third-order valence-electron chi connectivity index (χ3n) is 4.34. The Hall–Kier alpha value is -1.89. The maximum absolute atomic E-state index is 12.8. The summed E-state index contributed by atoms with van der Waals surface area (Å²) in [4.78, 5) is 18.2. The van der Waals surface area contributed by atoms with Crippen molar-refractivity contribution in [3.8, 4) is 0 Å². The molecule has 1 fully saturated rings. The number of nitrogen functional groups attached to an aromatic ring is 1. The molecule has 1 aliphatic heterocycles.